The van der Waals surface area contributed by atoms with E-state index in [1.807, 2.05) is 39.8 Å². The zero-order valence-electron chi connectivity index (χ0n) is 14.7. The van der Waals surface area contributed by atoms with E-state index in [1.165, 1.54) is 0 Å². The second kappa shape index (κ2) is 6.33. The summed E-state index contributed by atoms with van der Waals surface area (Å²) in [6, 6.07) is 5.39. The monoisotopic (exact) mass is 348 g/mol. The van der Waals surface area contributed by atoms with Gasteiger partial charge in [0, 0.05) is 18.5 Å². The van der Waals surface area contributed by atoms with Crippen molar-refractivity contribution in [2.75, 3.05) is 6.54 Å². The average molecular weight is 348 g/mol. The second-order valence-corrected chi connectivity index (χ2v) is 8.36. The minimum atomic E-state index is -3.54. The van der Waals surface area contributed by atoms with Crippen molar-refractivity contribution >= 4 is 10.0 Å². The first-order chi connectivity index (χ1) is 11.4. The fourth-order valence-corrected chi connectivity index (χ4v) is 5.51. The van der Waals surface area contributed by atoms with E-state index in [-0.39, 0.29) is 6.04 Å². The third-order valence-electron chi connectivity index (χ3n) is 4.77. The van der Waals surface area contributed by atoms with Gasteiger partial charge in [-0.25, -0.2) is 8.42 Å². The SMILES string of the molecule is CCc1onc(C)c1C1CCCN1S(=O)(=O)c1cc(C)ccc1C. The lowest BCUT2D eigenvalue weighted by molar-refractivity contribution is 0.368. The molecular weight excluding hydrogens is 324 g/mol. The van der Waals surface area contributed by atoms with Crippen molar-refractivity contribution in [3.63, 3.8) is 0 Å². The van der Waals surface area contributed by atoms with Crippen LogP contribution in [0, 0.1) is 20.8 Å². The minimum Gasteiger partial charge on any atom is -0.361 e. The topological polar surface area (TPSA) is 63.4 Å². The van der Waals surface area contributed by atoms with Gasteiger partial charge in [-0.15, -0.1) is 0 Å². The molecule has 24 heavy (non-hydrogen) atoms. The van der Waals surface area contributed by atoms with E-state index < -0.39 is 10.0 Å². The first-order valence-electron chi connectivity index (χ1n) is 8.40. The number of hydrogen-bond donors (Lipinski definition) is 0. The minimum absolute atomic E-state index is 0.184. The second-order valence-electron chi connectivity index (χ2n) is 6.50. The first kappa shape index (κ1) is 17.2. The van der Waals surface area contributed by atoms with Crippen molar-refractivity contribution in [2.24, 2.45) is 0 Å². The number of aromatic nitrogens is 1. The summed E-state index contributed by atoms with van der Waals surface area (Å²) in [6.45, 7) is 8.19. The molecule has 130 valence electrons. The van der Waals surface area contributed by atoms with Crippen LogP contribution in [0.5, 0.6) is 0 Å². The summed E-state index contributed by atoms with van der Waals surface area (Å²) in [5.74, 6) is 0.792. The normalized spacial score (nSPS) is 19.1. The zero-order chi connectivity index (χ0) is 17.5. The van der Waals surface area contributed by atoms with Crippen LogP contribution >= 0.6 is 0 Å². The number of nitrogens with zero attached hydrogens (tertiary/aromatic N) is 2. The van der Waals surface area contributed by atoms with E-state index in [1.54, 1.807) is 10.4 Å². The highest BCUT2D eigenvalue weighted by Gasteiger charge is 2.39. The molecule has 0 bridgehead atoms. The van der Waals surface area contributed by atoms with Crippen molar-refractivity contribution in [3.8, 4) is 0 Å². The first-order valence-corrected chi connectivity index (χ1v) is 9.84. The Balaban J connectivity index is 2.07. The fraction of sp³-hybridized carbons (Fsp3) is 0.500. The molecule has 1 aromatic carbocycles. The van der Waals surface area contributed by atoms with Crippen molar-refractivity contribution in [2.45, 2.75) is 57.9 Å². The molecule has 2 heterocycles. The van der Waals surface area contributed by atoms with Crippen LogP contribution in [0.3, 0.4) is 0 Å². The van der Waals surface area contributed by atoms with E-state index in [4.69, 9.17) is 4.52 Å². The molecule has 1 fully saturated rings. The molecule has 1 atom stereocenters. The van der Waals surface area contributed by atoms with Gasteiger partial charge in [0.1, 0.15) is 5.76 Å². The average Bonchev–Trinajstić information content (AvgIpc) is 3.15. The number of hydrogen-bond acceptors (Lipinski definition) is 4. The van der Waals surface area contributed by atoms with E-state index in [0.29, 0.717) is 17.9 Å². The highest BCUT2D eigenvalue weighted by atomic mass is 32.2. The van der Waals surface area contributed by atoms with Crippen molar-refractivity contribution in [3.05, 3.63) is 46.3 Å². The number of sulfonamides is 1. The summed E-state index contributed by atoms with van der Waals surface area (Å²) < 4.78 is 33.6. The van der Waals surface area contributed by atoms with Gasteiger partial charge in [-0.3, -0.25) is 0 Å². The summed E-state index contributed by atoms with van der Waals surface area (Å²) in [5.41, 5.74) is 3.47. The largest absolute Gasteiger partial charge is 0.361 e. The smallest absolute Gasteiger partial charge is 0.243 e. The maximum absolute atomic E-state index is 13.3. The van der Waals surface area contributed by atoms with Crippen LogP contribution in [0.25, 0.3) is 0 Å². The standard InChI is InChI=1S/C18H24N2O3S/c1-5-16-18(14(4)19-23-16)15-7-6-10-20(15)24(21,22)17-11-12(2)8-9-13(17)3/h8-9,11,15H,5-7,10H2,1-4H3. The molecule has 0 saturated carbocycles. The molecular formula is C18H24N2O3S. The third kappa shape index (κ3) is 2.78. The zero-order valence-corrected chi connectivity index (χ0v) is 15.5. The maximum Gasteiger partial charge on any atom is 0.243 e. The molecule has 5 nitrogen and oxygen atoms in total. The van der Waals surface area contributed by atoms with Crippen LogP contribution in [-0.2, 0) is 16.4 Å². The Hall–Kier alpha value is -1.66. The van der Waals surface area contributed by atoms with Gasteiger partial charge in [0.2, 0.25) is 10.0 Å². The summed E-state index contributed by atoms with van der Waals surface area (Å²) in [7, 11) is -3.54. The van der Waals surface area contributed by atoms with E-state index >= 15 is 0 Å². The molecule has 1 aliphatic heterocycles. The lowest BCUT2D eigenvalue weighted by Gasteiger charge is -2.25. The van der Waals surface area contributed by atoms with Crippen molar-refractivity contribution in [1.29, 1.82) is 0 Å². The fourth-order valence-electron chi connectivity index (χ4n) is 3.53. The molecule has 3 rings (SSSR count). The maximum atomic E-state index is 13.3. The van der Waals surface area contributed by atoms with E-state index in [2.05, 4.69) is 5.16 Å². The Morgan fingerprint density at radius 2 is 2.04 bits per heavy atom. The lowest BCUT2D eigenvalue weighted by Crippen LogP contribution is -2.31. The van der Waals surface area contributed by atoms with Gasteiger partial charge in [0.15, 0.2) is 0 Å². The van der Waals surface area contributed by atoms with Gasteiger partial charge < -0.3 is 4.52 Å². The molecule has 1 saturated heterocycles. The van der Waals surface area contributed by atoms with Crippen LogP contribution in [0.2, 0.25) is 0 Å². The highest BCUT2D eigenvalue weighted by Crippen LogP contribution is 2.40. The molecule has 2 aromatic rings. The van der Waals surface area contributed by atoms with Crippen LogP contribution in [0.15, 0.2) is 27.6 Å². The van der Waals surface area contributed by atoms with Gasteiger partial charge >= 0.3 is 0 Å². The van der Waals surface area contributed by atoms with Gasteiger partial charge in [0.05, 0.1) is 16.6 Å². The van der Waals surface area contributed by atoms with Gasteiger partial charge in [0.25, 0.3) is 0 Å². The molecule has 6 heteroatoms. The summed E-state index contributed by atoms with van der Waals surface area (Å²) >= 11 is 0. The molecule has 0 radical (unpaired) electrons. The van der Waals surface area contributed by atoms with Gasteiger partial charge in [-0.05, 0) is 50.8 Å². The Labute approximate surface area is 143 Å². The molecule has 0 aliphatic carbocycles. The van der Waals surface area contributed by atoms with Crippen LogP contribution in [0.1, 0.15) is 54.0 Å². The Morgan fingerprint density at radius 3 is 2.75 bits per heavy atom. The Bertz CT molecular complexity index is 855. The van der Waals surface area contributed by atoms with Crippen molar-refractivity contribution < 1.29 is 12.9 Å². The molecule has 1 aliphatic rings. The van der Waals surface area contributed by atoms with Gasteiger partial charge in [-0.1, -0.05) is 24.2 Å². The van der Waals surface area contributed by atoms with E-state index in [9.17, 15) is 8.42 Å². The predicted octanol–water partition coefficient (Wildman–Crippen LogP) is 3.69. The van der Waals surface area contributed by atoms with Crippen LogP contribution < -0.4 is 0 Å². The quantitative estimate of drug-likeness (QED) is 0.845. The molecule has 0 N–H and O–H groups in total. The summed E-state index contributed by atoms with van der Waals surface area (Å²) in [5, 5.41) is 4.06. The molecule has 0 amide bonds. The molecule has 1 unspecified atom stereocenters. The molecule has 1 aromatic heterocycles. The summed E-state index contributed by atoms with van der Waals surface area (Å²) in [6.07, 6.45) is 2.37. The summed E-state index contributed by atoms with van der Waals surface area (Å²) in [4.78, 5) is 0.404. The Morgan fingerprint density at radius 1 is 1.29 bits per heavy atom. The lowest BCUT2D eigenvalue weighted by atomic mass is 10.0. The predicted molar refractivity (Wildman–Crippen MR) is 92.4 cm³/mol. The number of aryl methyl sites for hydroxylation is 4. The van der Waals surface area contributed by atoms with Crippen LogP contribution in [-0.4, -0.2) is 24.4 Å². The number of benzene rings is 1. The van der Waals surface area contributed by atoms with Gasteiger partial charge in [-0.2, -0.15) is 4.31 Å². The number of rotatable bonds is 4. The van der Waals surface area contributed by atoms with Crippen LogP contribution in [0.4, 0.5) is 0 Å². The van der Waals surface area contributed by atoms with Crippen molar-refractivity contribution in [1.82, 2.24) is 9.46 Å². The van der Waals surface area contributed by atoms with E-state index in [0.717, 1.165) is 41.0 Å². The third-order valence-corrected chi connectivity index (χ3v) is 6.82. The highest BCUT2D eigenvalue weighted by molar-refractivity contribution is 7.89. The molecule has 0 spiro atoms. The Kier molecular flexibility index (Phi) is 4.53.